The maximum atomic E-state index is 13.4. The minimum Gasteiger partial charge on any atom is -0.409 e. The lowest BCUT2D eigenvalue weighted by Crippen LogP contribution is -2.15. The van der Waals surface area contributed by atoms with E-state index in [2.05, 4.69) is 10.1 Å². The van der Waals surface area contributed by atoms with Gasteiger partial charge < -0.3 is 10.9 Å². The topological polar surface area (TPSA) is 71.5 Å². The van der Waals surface area contributed by atoms with Crippen LogP contribution in [0.1, 0.15) is 5.69 Å². The molecule has 0 radical (unpaired) electrons. The maximum absolute atomic E-state index is 13.4. The maximum Gasteiger partial charge on any atom is 0.195 e. The fourth-order valence-corrected chi connectivity index (χ4v) is 1.48. The summed E-state index contributed by atoms with van der Waals surface area (Å²) in [5, 5.41) is 10.9. The van der Waals surface area contributed by atoms with Gasteiger partial charge in [-0.15, -0.1) is 0 Å². The van der Waals surface area contributed by atoms with Crippen molar-refractivity contribution in [3.05, 3.63) is 41.5 Å². The van der Waals surface area contributed by atoms with E-state index < -0.39 is 23.3 Å². The molecule has 88 valence electrons. The van der Waals surface area contributed by atoms with Gasteiger partial charge in [-0.05, 0) is 12.1 Å². The normalized spacial score (nSPS) is 12.1. The van der Waals surface area contributed by atoms with Crippen molar-refractivity contribution in [3.63, 3.8) is 0 Å². The molecule has 2 aromatic rings. The van der Waals surface area contributed by atoms with Gasteiger partial charge in [0.2, 0.25) is 0 Å². The molecule has 2 rings (SSSR count). The molecular weight excluding hydrogens is 235 g/mol. The number of pyridine rings is 1. The Balaban J connectivity index is 2.91. The predicted molar refractivity (Wildman–Crippen MR) is 54.1 cm³/mol. The molecule has 0 aliphatic rings. The van der Waals surface area contributed by atoms with Crippen molar-refractivity contribution in [1.29, 1.82) is 0 Å². The van der Waals surface area contributed by atoms with E-state index in [-0.39, 0.29) is 16.5 Å². The number of oxime groups is 1. The van der Waals surface area contributed by atoms with Crippen LogP contribution < -0.4 is 5.73 Å². The number of nitrogens with two attached hydrogens (primary N) is 1. The van der Waals surface area contributed by atoms with Gasteiger partial charge in [-0.2, -0.15) is 0 Å². The fourth-order valence-electron chi connectivity index (χ4n) is 1.48. The molecule has 0 saturated carbocycles. The Hall–Kier alpha value is -2.31. The zero-order chi connectivity index (χ0) is 12.6. The molecule has 0 unspecified atom stereocenters. The number of benzene rings is 1. The van der Waals surface area contributed by atoms with Crippen molar-refractivity contribution >= 4 is 16.6 Å². The highest BCUT2D eigenvalue weighted by molar-refractivity contribution is 6.07. The minimum atomic E-state index is -1.57. The van der Waals surface area contributed by atoms with E-state index >= 15 is 0 Å². The van der Waals surface area contributed by atoms with E-state index in [1.54, 1.807) is 0 Å². The van der Waals surface area contributed by atoms with E-state index in [4.69, 9.17) is 10.9 Å². The third kappa shape index (κ3) is 1.65. The monoisotopic (exact) mass is 241 g/mol. The summed E-state index contributed by atoms with van der Waals surface area (Å²) in [6, 6.07) is 1.91. The molecule has 0 saturated heterocycles. The van der Waals surface area contributed by atoms with Crippen LogP contribution in [0.15, 0.2) is 23.5 Å². The summed E-state index contributed by atoms with van der Waals surface area (Å²) in [5.74, 6) is -4.69. The van der Waals surface area contributed by atoms with E-state index in [0.717, 1.165) is 12.3 Å². The Bertz CT molecular complexity index is 628. The Labute approximate surface area is 93.2 Å². The summed E-state index contributed by atoms with van der Waals surface area (Å²) in [4.78, 5) is 3.72. The van der Waals surface area contributed by atoms with Crippen molar-refractivity contribution in [1.82, 2.24) is 4.98 Å². The zero-order valence-corrected chi connectivity index (χ0v) is 8.28. The summed E-state index contributed by atoms with van der Waals surface area (Å²) in [5.41, 5.74) is 5.18. The van der Waals surface area contributed by atoms with Gasteiger partial charge >= 0.3 is 0 Å². The zero-order valence-electron chi connectivity index (χ0n) is 8.28. The highest BCUT2D eigenvalue weighted by atomic mass is 19.2. The highest BCUT2D eigenvalue weighted by Gasteiger charge is 2.17. The van der Waals surface area contributed by atoms with Crippen LogP contribution in [0, 0.1) is 17.5 Å². The summed E-state index contributed by atoms with van der Waals surface area (Å²) in [7, 11) is 0. The van der Waals surface area contributed by atoms with Gasteiger partial charge in [0.25, 0.3) is 0 Å². The predicted octanol–water partition coefficient (Wildman–Crippen LogP) is 1.75. The van der Waals surface area contributed by atoms with Crippen molar-refractivity contribution < 1.29 is 18.4 Å². The number of amidine groups is 1. The first-order valence-electron chi connectivity index (χ1n) is 4.46. The lowest BCUT2D eigenvalue weighted by Gasteiger charge is -2.06. The van der Waals surface area contributed by atoms with Gasteiger partial charge in [0.05, 0.1) is 0 Å². The molecule has 0 aliphatic carbocycles. The van der Waals surface area contributed by atoms with Crippen LogP contribution in [0.3, 0.4) is 0 Å². The summed E-state index contributed by atoms with van der Waals surface area (Å²) in [6.45, 7) is 0. The van der Waals surface area contributed by atoms with Crippen LogP contribution in [-0.4, -0.2) is 16.0 Å². The van der Waals surface area contributed by atoms with Crippen molar-refractivity contribution in [2.45, 2.75) is 0 Å². The van der Waals surface area contributed by atoms with Crippen molar-refractivity contribution in [3.8, 4) is 0 Å². The second-order valence-electron chi connectivity index (χ2n) is 3.23. The number of nitrogens with zero attached hydrogens (tertiary/aromatic N) is 2. The van der Waals surface area contributed by atoms with Crippen molar-refractivity contribution in [2.24, 2.45) is 10.9 Å². The molecule has 0 bridgehead atoms. The number of rotatable bonds is 1. The molecule has 7 heteroatoms. The quantitative estimate of drug-likeness (QED) is 0.262. The lowest BCUT2D eigenvalue weighted by atomic mass is 10.1. The van der Waals surface area contributed by atoms with Gasteiger partial charge in [-0.25, -0.2) is 13.2 Å². The minimum absolute atomic E-state index is 0.0702. The molecule has 17 heavy (non-hydrogen) atoms. The van der Waals surface area contributed by atoms with Gasteiger partial charge in [-0.3, -0.25) is 4.98 Å². The first-order chi connectivity index (χ1) is 8.06. The van der Waals surface area contributed by atoms with Crippen LogP contribution in [-0.2, 0) is 0 Å². The van der Waals surface area contributed by atoms with Gasteiger partial charge in [0.1, 0.15) is 5.69 Å². The first-order valence-corrected chi connectivity index (χ1v) is 4.46. The summed E-state index contributed by atoms with van der Waals surface area (Å²) in [6.07, 6.45) is 1.15. The second-order valence-corrected chi connectivity index (χ2v) is 3.23. The lowest BCUT2D eigenvalue weighted by molar-refractivity contribution is 0.318. The largest absolute Gasteiger partial charge is 0.409 e. The van der Waals surface area contributed by atoms with Crippen molar-refractivity contribution in [2.75, 3.05) is 0 Å². The second kappa shape index (κ2) is 3.93. The average Bonchev–Trinajstić information content (AvgIpc) is 2.34. The van der Waals surface area contributed by atoms with E-state index in [1.165, 1.54) is 6.07 Å². The molecule has 3 N–H and O–H groups in total. The van der Waals surface area contributed by atoms with Crippen LogP contribution in [0.4, 0.5) is 13.2 Å². The first kappa shape index (κ1) is 11.2. The molecule has 0 amide bonds. The van der Waals surface area contributed by atoms with Gasteiger partial charge in [-0.1, -0.05) is 5.16 Å². The van der Waals surface area contributed by atoms with Gasteiger partial charge in [0.15, 0.2) is 23.3 Å². The molecule has 4 nitrogen and oxygen atoms in total. The summed E-state index contributed by atoms with van der Waals surface area (Å²) < 4.78 is 39.5. The SMILES string of the molecule is N/C(=N/O)c1nccc2c(F)c(F)c(F)cc12. The van der Waals surface area contributed by atoms with Gasteiger partial charge in [0, 0.05) is 17.0 Å². The molecule has 0 atom stereocenters. The third-order valence-corrected chi connectivity index (χ3v) is 2.25. The van der Waals surface area contributed by atoms with Crippen LogP contribution in [0.25, 0.3) is 10.8 Å². The highest BCUT2D eigenvalue weighted by Crippen LogP contribution is 2.24. The third-order valence-electron chi connectivity index (χ3n) is 2.25. The Morgan fingerprint density at radius 1 is 1.24 bits per heavy atom. The molecule has 1 heterocycles. The summed E-state index contributed by atoms with van der Waals surface area (Å²) >= 11 is 0. The molecular formula is C10H6F3N3O. The van der Waals surface area contributed by atoms with Crippen LogP contribution in [0.5, 0.6) is 0 Å². The Kier molecular flexibility index (Phi) is 2.58. The Morgan fingerprint density at radius 2 is 1.94 bits per heavy atom. The Morgan fingerprint density at radius 3 is 2.59 bits per heavy atom. The number of fused-ring (bicyclic) bond motifs is 1. The number of hydrogen-bond acceptors (Lipinski definition) is 3. The fraction of sp³-hybridized carbons (Fsp3) is 0. The molecule has 0 fully saturated rings. The average molecular weight is 241 g/mol. The van der Waals surface area contributed by atoms with Crippen LogP contribution in [0.2, 0.25) is 0 Å². The van der Waals surface area contributed by atoms with Crippen LogP contribution >= 0.6 is 0 Å². The molecule has 0 aliphatic heterocycles. The molecule has 1 aromatic carbocycles. The van der Waals surface area contributed by atoms with E-state index in [9.17, 15) is 13.2 Å². The number of aromatic nitrogens is 1. The standard InChI is InChI=1S/C10H6F3N3O/c11-6-3-5-4(7(12)8(6)13)1-2-15-9(5)10(14)16-17/h1-3,17H,(H2,14,16). The number of hydrogen-bond donors (Lipinski definition) is 2. The smallest absolute Gasteiger partial charge is 0.195 e. The molecule has 0 spiro atoms. The van der Waals surface area contributed by atoms with E-state index in [1.807, 2.05) is 0 Å². The van der Waals surface area contributed by atoms with E-state index in [0.29, 0.717) is 0 Å². The number of halogens is 3. The molecule has 1 aromatic heterocycles.